The molecule has 1 aliphatic carbocycles. The topological polar surface area (TPSA) is 96.3 Å². The van der Waals surface area contributed by atoms with Crippen molar-refractivity contribution in [1.29, 1.82) is 0 Å². The van der Waals surface area contributed by atoms with E-state index < -0.39 is 0 Å². The molecule has 168 valence electrons. The van der Waals surface area contributed by atoms with Crippen molar-refractivity contribution in [2.75, 3.05) is 32.0 Å². The molecule has 1 amide bonds. The fourth-order valence-electron chi connectivity index (χ4n) is 4.72. The molecule has 2 aromatic heterocycles. The number of nitrogen functional groups attached to an aromatic ring is 1. The molecule has 7 nitrogen and oxygen atoms in total. The van der Waals surface area contributed by atoms with E-state index in [9.17, 15) is 4.79 Å². The monoisotopic (exact) mass is 433 g/mol. The van der Waals surface area contributed by atoms with Gasteiger partial charge in [-0.05, 0) is 49.8 Å². The molecule has 4 N–H and O–H groups in total. The first kappa shape index (κ1) is 21.0. The van der Waals surface area contributed by atoms with E-state index in [1.165, 1.54) is 6.42 Å². The highest BCUT2D eigenvalue weighted by Crippen LogP contribution is 2.42. The van der Waals surface area contributed by atoms with Crippen molar-refractivity contribution in [3.05, 3.63) is 59.9 Å². The Labute approximate surface area is 188 Å². The summed E-state index contributed by atoms with van der Waals surface area (Å²) in [6.45, 7) is 5.65. The number of H-pyrrole nitrogens is 1. The van der Waals surface area contributed by atoms with Crippen molar-refractivity contribution >= 4 is 22.6 Å². The van der Waals surface area contributed by atoms with Gasteiger partial charge >= 0.3 is 0 Å². The van der Waals surface area contributed by atoms with Crippen LogP contribution in [0.15, 0.2) is 48.7 Å². The molecule has 4 atom stereocenters. The number of nitrogens with two attached hydrogens (primary N) is 1. The minimum absolute atomic E-state index is 0.0276. The van der Waals surface area contributed by atoms with Gasteiger partial charge in [-0.15, -0.1) is 0 Å². The van der Waals surface area contributed by atoms with Gasteiger partial charge < -0.3 is 20.8 Å². The fraction of sp³-hybridized carbons (Fsp3) is 0.440. The van der Waals surface area contributed by atoms with E-state index in [1.54, 1.807) is 0 Å². The highest BCUT2D eigenvalue weighted by Gasteiger charge is 2.39. The van der Waals surface area contributed by atoms with Gasteiger partial charge in [0.05, 0.1) is 12.7 Å². The van der Waals surface area contributed by atoms with Crippen molar-refractivity contribution in [1.82, 2.24) is 20.2 Å². The van der Waals surface area contributed by atoms with Crippen LogP contribution in [0.2, 0.25) is 0 Å². The zero-order valence-corrected chi connectivity index (χ0v) is 18.5. The van der Waals surface area contributed by atoms with Crippen LogP contribution in [-0.2, 0) is 4.74 Å². The predicted octanol–water partition coefficient (Wildman–Crippen LogP) is 3.36. The van der Waals surface area contributed by atoms with E-state index in [2.05, 4.69) is 27.1 Å². The number of nitrogens with zero attached hydrogens (tertiary/aromatic N) is 2. The Morgan fingerprint density at radius 2 is 2.16 bits per heavy atom. The summed E-state index contributed by atoms with van der Waals surface area (Å²) < 4.78 is 6.06. The van der Waals surface area contributed by atoms with Gasteiger partial charge in [-0.25, -0.2) is 4.98 Å². The Bertz CT molecular complexity index is 1050. The number of hydrogen-bond acceptors (Lipinski definition) is 5. The summed E-state index contributed by atoms with van der Waals surface area (Å²) in [6, 6.07) is 14.1. The lowest BCUT2D eigenvalue weighted by atomic mass is 10.1. The van der Waals surface area contributed by atoms with Gasteiger partial charge in [0.25, 0.3) is 5.91 Å². The molecule has 0 radical (unpaired) electrons. The van der Waals surface area contributed by atoms with Crippen LogP contribution in [0.4, 0.5) is 5.82 Å². The van der Waals surface area contributed by atoms with Gasteiger partial charge in [0.1, 0.15) is 11.5 Å². The van der Waals surface area contributed by atoms with Gasteiger partial charge in [-0.3, -0.25) is 9.69 Å². The van der Waals surface area contributed by atoms with Crippen molar-refractivity contribution in [2.24, 2.45) is 11.8 Å². The molecule has 2 aliphatic rings. The number of anilines is 1. The molecular formula is C25H31N5O2. The van der Waals surface area contributed by atoms with E-state index in [-0.39, 0.29) is 12.0 Å². The second kappa shape index (κ2) is 8.92. The first-order valence-electron chi connectivity index (χ1n) is 11.5. The number of aromatic nitrogens is 2. The van der Waals surface area contributed by atoms with E-state index in [0.717, 1.165) is 42.6 Å². The van der Waals surface area contributed by atoms with Gasteiger partial charge in [-0.2, -0.15) is 0 Å². The Morgan fingerprint density at radius 1 is 1.28 bits per heavy atom. The number of fused-ring (bicyclic) bond motifs is 1. The standard InChI is InChI=1S/C25H31N5O2/c1-16-15-32-23(19-6-7-24(26)28-12-19)14-30(16)13-20-10-17(20)8-9-27-25(31)22-11-18-4-2-3-5-21(18)29-22/h2-7,11-12,16-17,20,23,29H,8-10,13-15H2,1H3,(H2,26,28)(H,27,31)/t16-,17-,20+,23+/m0/s1. The largest absolute Gasteiger partial charge is 0.384 e. The highest BCUT2D eigenvalue weighted by atomic mass is 16.5. The minimum atomic E-state index is -0.0276. The van der Waals surface area contributed by atoms with Gasteiger partial charge in [0, 0.05) is 48.3 Å². The van der Waals surface area contributed by atoms with Gasteiger partial charge in [-0.1, -0.05) is 24.3 Å². The Kier molecular flexibility index (Phi) is 5.85. The predicted molar refractivity (Wildman–Crippen MR) is 125 cm³/mol. The Balaban J connectivity index is 1.07. The molecule has 3 aromatic rings. The summed E-state index contributed by atoms with van der Waals surface area (Å²) in [5, 5.41) is 4.14. The second-order valence-corrected chi connectivity index (χ2v) is 9.21. The number of rotatable bonds is 7. The maximum Gasteiger partial charge on any atom is 0.267 e. The summed E-state index contributed by atoms with van der Waals surface area (Å²) in [5.74, 6) is 1.89. The lowest BCUT2D eigenvalue weighted by Crippen LogP contribution is -2.46. The SMILES string of the molecule is C[C@H]1CO[C@@H](c2ccc(N)nc2)CN1C[C@H]1C[C@@H]1CCNC(=O)c1cc2ccccc2[nH]1. The number of ether oxygens (including phenoxy) is 1. The van der Waals surface area contributed by atoms with Crippen molar-refractivity contribution in [2.45, 2.75) is 31.9 Å². The minimum Gasteiger partial charge on any atom is -0.384 e. The molecule has 1 saturated heterocycles. The maximum absolute atomic E-state index is 12.5. The molecule has 0 bridgehead atoms. The molecule has 1 aliphatic heterocycles. The van der Waals surface area contributed by atoms with Crippen LogP contribution < -0.4 is 11.1 Å². The number of aromatic amines is 1. The molecule has 3 heterocycles. The third kappa shape index (κ3) is 4.64. The number of pyridine rings is 1. The van der Waals surface area contributed by atoms with Crippen LogP contribution in [0.3, 0.4) is 0 Å². The maximum atomic E-state index is 12.5. The van der Waals surface area contributed by atoms with E-state index >= 15 is 0 Å². The van der Waals surface area contributed by atoms with Crippen molar-refractivity contribution < 1.29 is 9.53 Å². The number of para-hydroxylation sites is 1. The fourth-order valence-corrected chi connectivity index (χ4v) is 4.72. The number of carbonyl (C=O) groups is 1. The van der Waals surface area contributed by atoms with E-state index in [0.29, 0.717) is 35.9 Å². The number of hydrogen-bond donors (Lipinski definition) is 3. The van der Waals surface area contributed by atoms with Crippen LogP contribution >= 0.6 is 0 Å². The molecule has 2 fully saturated rings. The number of carbonyl (C=O) groups excluding carboxylic acids is 1. The number of morpholine rings is 1. The lowest BCUT2D eigenvalue weighted by Gasteiger charge is -2.38. The molecule has 0 spiro atoms. The van der Waals surface area contributed by atoms with Crippen LogP contribution in [0, 0.1) is 11.8 Å². The van der Waals surface area contributed by atoms with Crippen LogP contribution in [0.1, 0.15) is 41.9 Å². The lowest BCUT2D eigenvalue weighted by molar-refractivity contribution is -0.0619. The number of nitrogens with one attached hydrogen (secondary N) is 2. The smallest absolute Gasteiger partial charge is 0.267 e. The Morgan fingerprint density at radius 3 is 2.97 bits per heavy atom. The second-order valence-electron chi connectivity index (χ2n) is 9.21. The summed E-state index contributed by atoms with van der Waals surface area (Å²) in [4.78, 5) is 22.4. The molecule has 1 saturated carbocycles. The quantitative estimate of drug-likeness (QED) is 0.531. The molecule has 7 heteroatoms. The van der Waals surface area contributed by atoms with Crippen LogP contribution in [0.5, 0.6) is 0 Å². The number of amides is 1. The third-order valence-corrected chi connectivity index (χ3v) is 6.86. The summed E-state index contributed by atoms with van der Waals surface area (Å²) in [5.41, 5.74) is 8.42. The van der Waals surface area contributed by atoms with Crippen molar-refractivity contribution in [3.63, 3.8) is 0 Å². The average Bonchev–Trinajstić information content (AvgIpc) is 3.38. The zero-order chi connectivity index (χ0) is 22.1. The molecule has 1 aromatic carbocycles. The zero-order valence-electron chi connectivity index (χ0n) is 18.5. The van der Waals surface area contributed by atoms with E-state index in [4.69, 9.17) is 10.5 Å². The molecule has 5 rings (SSSR count). The third-order valence-electron chi connectivity index (χ3n) is 6.86. The summed E-state index contributed by atoms with van der Waals surface area (Å²) >= 11 is 0. The number of benzene rings is 1. The average molecular weight is 434 g/mol. The first-order valence-corrected chi connectivity index (χ1v) is 11.5. The molecule has 0 unspecified atom stereocenters. The van der Waals surface area contributed by atoms with Crippen molar-refractivity contribution in [3.8, 4) is 0 Å². The van der Waals surface area contributed by atoms with Gasteiger partial charge in [0.2, 0.25) is 0 Å². The summed E-state index contributed by atoms with van der Waals surface area (Å²) in [6.07, 6.45) is 4.14. The normalized spacial score (nSPS) is 25.7. The summed E-state index contributed by atoms with van der Waals surface area (Å²) in [7, 11) is 0. The molecular weight excluding hydrogens is 402 g/mol. The first-order chi connectivity index (χ1) is 15.6. The Hall–Kier alpha value is -2.90. The van der Waals surface area contributed by atoms with Crippen LogP contribution in [0.25, 0.3) is 10.9 Å². The molecule has 32 heavy (non-hydrogen) atoms. The van der Waals surface area contributed by atoms with Gasteiger partial charge in [0.15, 0.2) is 0 Å². The van der Waals surface area contributed by atoms with E-state index in [1.807, 2.05) is 48.7 Å². The van der Waals surface area contributed by atoms with Crippen LogP contribution in [-0.4, -0.2) is 53.1 Å². The highest BCUT2D eigenvalue weighted by molar-refractivity contribution is 5.97.